The molecule has 2 aromatic heterocycles. The first-order valence-electron chi connectivity index (χ1n) is 13.4. The van der Waals surface area contributed by atoms with Gasteiger partial charge in [0, 0.05) is 24.2 Å². The van der Waals surface area contributed by atoms with E-state index in [0.29, 0.717) is 12.0 Å². The summed E-state index contributed by atoms with van der Waals surface area (Å²) in [7, 11) is 0. The zero-order valence-corrected chi connectivity index (χ0v) is 20.7. The van der Waals surface area contributed by atoms with Crippen molar-refractivity contribution in [3.05, 3.63) is 51.6 Å². The van der Waals surface area contributed by atoms with Crippen LogP contribution >= 0.6 is 0 Å². The van der Waals surface area contributed by atoms with Gasteiger partial charge in [-0.3, -0.25) is 9.69 Å². The molecule has 6 rings (SSSR count). The number of pyridine rings is 1. The third-order valence-electron chi connectivity index (χ3n) is 8.50. The minimum atomic E-state index is -0.278. The zero-order valence-electron chi connectivity index (χ0n) is 20.7. The largest absolute Gasteiger partial charge is 0.376 e. The van der Waals surface area contributed by atoms with Crippen molar-refractivity contribution < 1.29 is 4.74 Å². The van der Waals surface area contributed by atoms with Crippen molar-refractivity contribution >= 4 is 10.9 Å². The van der Waals surface area contributed by atoms with Gasteiger partial charge in [-0.25, -0.2) is 4.68 Å². The van der Waals surface area contributed by atoms with E-state index < -0.39 is 0 Å². The molecule has 1 spiro atoms. The first-order chi connectivity index (χ1) is 17.1. The van der Waals surface area contributed by atoms with Crippen LogP contribution in [0.4, 0.5) is 0 Å². The number of H-pyrrole nitrogens is 1. The van der Waals surface area contributed by atoms with Crippen LogP contribution in [0.5, 0.6) is 0 Å². The van der Waals surface area contributed by atoms with E-state index in [1.807, 2.05) is 17.7 Å². The Labute approximate surface area is 206 Å². The summed E-state index contributed by atoms with van der Waals surface area (Å²) in [6, 6.07) is 8.01. The van der Waals surface area contributed by atoms with Crippen molar-refractivity contribution in [3.63, 3.8) is 0 Å². The maximum Gasteiger partial charge on any atom is 0.253 e. The van der Waals surface area contributed by atoms with E-state index in [1.165, 1.54) is 38.5 Å². The summed E-state index contributed by atoms with van der Waals surface area (Å²) in [4.78, 5) is 19.2. The second-order valence-electron chi connectivity index (χ2n) is 11.0. The van der Waals surface area contributed by atoms with Crippen LogP contribution in [-0.4, -0.2) is 55.9 Å². The van der Waals surface area contributed by atoms with Gasteiger partial charge in [0.1, 0.15) is 6.04 Å². The molecule has 3 aliphatic rings. The second-order valence-corrected chi connectivity index (χ2v) is 11.0. The fraction of sp³-hybridized carbons (Fsp3) is 0.630. The number of hydrogen-bond acceptors (Lipinski definition) is 6. The number of hydrogen-bond donors (Lipinski definition) is 1. The van der Waals surface area contributed by atoms with Gasteiger partial charge in [0.2, 0.25) is 0 Å². The molecule has 1 saturated carbocycles. The van der Waals surface area contributed by atoms with Crippen LogP contribution in [0.1, 0.15) is 80.8 Å². The van der Waals surface area contributed by atoms with E-state index in [0.717, 1.165) is 66.8 Å². The molecule has 2 aliphatic heterocycles. The molecule has 0 unspecified atom stereocenters. The van der Waals surface area contributed by atoms with E-state index in [1.54, 1.807) is 0 Å². The molecule has 0 radical (unpaired) electrons. The highest BCUT2D eigenvalue weighted by Crippen LogP contribution is 2.45. The standard InChI is InChI=1S/C27H36N6O2/c1-19-8-9-20-16-22(26(34)28-23(20)15-19)24(25-29-30-31-33(25)17-21-7-5-14-35-21)32-13-6-12-27(18-32)10-3-2-4-11-27/h8-9,15-16,21,24H,2-7,10-14,17-18H2,1H3,(H,28,34)/t21-,24-/m0/s1. The Bertz CT molecular complexity index is 1230. The quantitative estimate of drug-likeness (QED) is 0.595. The van der Waals surface area contributed by atoms with E-state index in [4.69, 9.17) is 4.74 Å². The minimum absolute atomic E-state index is 0.0527. The van der Waals surface area contributed by atoms with E-state index >= 15 is 0 Å². The smallest absolute Gasteiger partial charge is 0.253 e. The summed E-state index contributed by atoms with van der Waals surface area (Å²) in [5.74, 6) is 0.755. The molecule has 8 nitrogen and oxygen atoms in total. The number of likely N-dealkylation sites (tertiary alicyclic amines) is 1. The molecule has 1 N–H and O–H groups in total. The molecule has 2 atom stereocenters. The Morgan fingerprint density at radius 1 is 1.14 bits per heavy atom. The molecule has 4 heterocycles. The van der Waals surface area contributed by atoms with Crippen molar-refractivity contribution in [1.29, 1.82) is 0 Å². The Hall–Kier alpha value is -2.58. The molecule has 1 aliphatic carbocycles. The molecular weight excluding hydrogens is 440 g/mol. The highest BCUT2D eigenvalue weighted by Gasteiger charge is 2.41. The summed E-state index contributed by atoms with van der Waals surface area (Å²) in [5.41, 5.74) is 3.04. The predicted molar refractivity (Wildman–Crippen MR) is 134 cm³/mol. The van der Waals surface area contributed by atoms with Crippen LogP contribution in [0.2, 0.25) is 0 Å². The fourth-order valence-corrected chi connectivity index (χ4v) is 6.73. The van der Waals surface area contributed by atoms with Crippen LogP contribution in [-0.2, 0) is 11.3 Å². The van der Waals surface area contributed by atoms with Crippen LogP contribution < -0.4 is 5.56 Å². The molecule has 1 aromatic carbocycles. The number of aromatic nitrogens is 5. The number of aryl methyl sites for hydroxylation is 1. The molecule has 35 heavy (non-hydrogen) atoms. The van der Waals surface area contributed by atoms with Crippen molar-refractivity contribution in [2.24, 2.45) is 5.41 Å². The molecule has 3 fully saturated rings. The van der Waals surface area contributed by atoms with Gasteiger partial charge in [0.25, 0.3) is 5.56 Å². The van der Waals surface area contributed by atoms with Gasteiger partial charge in [0.15, 0.2) is 5.82 Å². The van der Waals surface area contributed by atoms with Crippen LogP contribution in [0.15, 0.2) is 29.1 Å². The Balaban J connectivity index is 1.43. The van der Waals surface area contributed by atoms with Crippen molar-refractivity contribution in [3.8, 4) is 0 Å². The van der Waals surface area contributed by atoms with Crippen molar-refractivity contribution in [2.45, 2.75) is 83.4 Å². The highest BCUT2D eigenvalue weighted by molar-refractivity contribution is 5.79. The number of aromatic amines is 1. The van der Waals surface area contributed by atoms with Gasteiger partial charge in [-0.05, 0) is 90.9 Å². The number of nitrogens with one attached hydrogen (secondary N) is 1. The van der Waals surface area contributed by atoms with Crippen LogP contribution in [0, 0.1) is 12.3 Å². The Morgan fingerprint density at radius 3 is 2.83 bits per heavy atom. The lowest BCUT2D eigenvalue weighted by molar-refractivity contribution is 0.0326. The summed E-state index contributed by atoms with van der Waals surface area (Å²) in [5, 5.41) is 14.0. The molecule has 2 saturated heterocycles. The zero-order chi connectivity index (χ0) is 23.8. The number of tetrazole rings is 1. The number of nitrogens with zero attached hydrogens (tertiary/aromatic N) is 5. The summed E-state index contributed by atoms with van der Waals surface area (Å²) in [6.07, 6.45) is 11.2. The van der Waals surface area contributed by atoms with Gasteiger partial charge in [0.05, 0.1) is 12.6 Å². The topological polar surface area (TPSA) is 88.9 Å². The summed E-state index contributed by atoms with van der Waals surface area (Å²) in [6.45, 7) is 5.41. The predicted octanol–water partition coefficient (Wildman–Crippen LogP) is 4.14. The number of fused-ring (bicyclic) bond motifs is 1. The van der Waals surface area contributed by atoms with Gasteiger partial charge < -0.3 is 9.72 Å². The molecule has 0 bridgehead atoms. The number of benzene rings is 1. The lowest BCUT2D eigenvalue weighted by Crippen LogP contribution is -2.47. The second kappa shape index (κ2) is 9.47. The highest BCUT2D eigenvalue weighted by atomic mass is 16.5. The fourth-order valence-electron chi connectivity index (χ4n) is 6.73. The van der Waals surface area contributed by atoms with Crippen molar-refractivity contribution in [1.82, 2.24) is 30.1 Å². The van der Waals surface area contributed by atoms with Crippen LogP contribution in [0.25, 0.3) is 10.9 Å². The lowest BCUT2D eigenvalue weighted by atomic mass is 9.69. The summed E-state index contributed by atoms with van der Waals surface area (Å²) < 4.78 is 7.79. The molecule has 186 valence electrons. The monoisotopic (exact) mass is 476 g/mol. The van der Waals surface area contributed by atoms with Gasteiger partial charge in [-0.15, -0.1) is 5.10 Å². The maximum atomic E-state index is 13.6. The minimum Gasteiger partial charge on any atom is -0.376 e. The Morgan fingerprint density at radius 2 is 2.00 bits per heavy atom. The number of rotatable bonds is 5. The first kappa shape index (κ1) is 22.9. The SMILES string of the molecule is Cc1ccc2cc([C@@H](c3nnnn3C[C@@H]3CCCO3)N3CCCC4(CCCCC4)C3)c(=O)[nH]c2c1. The summed E-state index contributed by atoms with van der Waals surface area (Å²) >= 11 is 0. The normalized spacial score (nSPS) is 23.7. The van der Waals surface area contributed by atoms with Gasteiger partial charge >= 0.3 is 0 Å². The lowest BCUT2D eigenvalue weighted by Gasteiger charge is -2.47. The molecule has 8 heteroatoms. The first-order valence-corrected chi connectivity index (χ1v) is 13.4. The van der Waals surface area contributed by atoms with Gasteiger partial charge in [-0.1, -0.05) is 31.4 Å². The van der Waals surface area contributed by atoms with Crippen molar-refractivity contribution in [2.75, 3.05) is 19.7 Å². The average Bonchev–Trinajstić information content (AvgIpc) is 3.53. The average molecular weight is 477 g/mol. The third kappa shape index (κ3) is 4.54. The van der Waals surface area contributed by atoms with Gasteiger partial charge in [-0.2, -0.15) is 0 Å². The maximum absolute atomic E-state index is 13.6. The molecule has 0 amide bonds. The molecule has 3 aromatic rings. The number of piperidine rings is 1. The van der Waals surface area contributed by atoms with E-state index in [2.05, 4.69) is 43.6 Å². The molecular formula is C27H36N6O2. The Kier molecular flexibility index (Phi) is 6.18. The third-order valence-corrected chi connectivity index (χ3v) is 8.50. The van der Waals surface area contributed by atoms with E-state index in [-0.39, 0.29) is 17.7 Å². The number of ether oxygens (including phenoxy) is 1. The van der Waals surface area contributed by atoms with Crippen LogP contribution in [0.3, 0.4) is 0 Å². The van der Waals surface area contributed by atoms with E-state index in [9.17, 15) is 4.79 Å².